The molecule has 1 saturated carbocycles. The molecule has 6 aliphatic rings. The minimum Gasteiger partial charge on any atom is -0.454 e. The zero-order valence-corrected chi connectivity index (χ0v) is 25.8. The normalized spacial score (nSPS) is 22.4. The Morgan fingerprint density at radius 1 is 0.826 bits per heavy atom. The van der Waals surface area contributed by atoms with Crippen LogP contribution in [0.3, 0.4) is 0 Å². The Morgan fingerprint density at radius 3 is 2.37 bits per heavy atom. The number of anilines is 4. The Balaban J connectivity index is 0.974. The monoisotopic (exact) mass is 623 g/mol. The Kier molecular flexibility index (Phi) is 6.72. The van der Waals surface area contributed by atoms with Gasteiger partial charge in [0.05, 0.1) is 11.4 Å². The molecular weight excluding hydrogens is 585 g/mol. The molecule has 3 N–H and O–H groups in total. The van der Waals surface area contributed by atoms with Crippen LogP contribution in [0.5, 0.6) is 11.5 Å². The van der Waals surface area contributed by atoms with Crippen LogP contribution in [0.2, 0.25) is 0 Å². The standard InChI is InChI=1S/C34H38FN9O2/c35-25-18-23(8-9-26(25)43-15-11-24(12-16-43)42-13-1-2-14-42)37-34-38-33(36)44(41-34)32-30-21-5-3-20(4-6-21)29(30)31(39-40-32)22-7-10-27-28(17-22)46-19-45-27/h7-10,17-18,20-21,24H,1-6,11-16,19H2,(H3,36,37,38,41). The molecule has 3 aliphatic heterocycles. The van der Waals surface area contributed by atoms with Gasteiger partial charge in [0.1, 0.15) is 5.82 Å². The van der Waals surface area contributed by atoms with Gasteiger partial charge in [-0.2, -0.15) is 9.67 Å². The first-order valence-corrected chi connectivity index (χ1v) is 16.7. The largest absolute Gasteiger partial charge is 0.454 e. The molecule has 12 heteroatoms. The molecule has 11 nitrogen and oxygen atoms in total. The van der Waals surface area contributed by atoms with E-state index in [4.69, 9.17) is 30.5 Å². The van der Waals surface area contributed by atoms with Crippen LogP contribution < -0.4 is 25.4 Å². The molecule has 238 valence electrons. The van der Waals surface area contributed by atoms with E-state index in [1.165, 1.54) is 37.6 Å². The third-order valence-corrected chi connectivity index (χ3v) is 10.7. The highest BCUT2D eigenvalue weighted by Gasteiger charge is 2.39. The number of nitrogens with zero attached hydrogens (tertiary/aromatic N) is 7. The summed E-state index contributed by atoms with van der Waals surface area (Å²) >= 11 is 0. The van der Waals surface area contributed by atoms with E-state index >= 15 is 4.39 Å². The number of piperidine rings is 1. The van der Waals surface area contributed by atoms with Crippen molar-refractivity contribution in [2.45, 2.75) is 69.2 Å². The van der Waals surface area contributed by atoms with Crippen LogP contribution in [0.1, 0.15) is 74.3 Å². The van der Waals surface area contributed by atoms with Crippen molar-refractivity contribution in [1.82, 2.24) is 29.9 Å². The van der Waals surface area contributed by atoms with Crippen LogP contribution >= 0.6 is 0 Å². The molecule has 3 fully saturated rings. The third kappa shape index (κ3) is 4.72. The number of aromatic nitrogens is 5. The van der Waals surface area contributed by atoms with Crippen molar-refractivity contribution < 1.29 is 13.9 Å². The number of nitrogens with one attached hydrogen (secondary N) is 1. The number of nitrogens with two attached hydrogens (primary N) is 1. The maximum atomic E-state index is 15.4. The summed E-state index contributed by atoms with van der Waals surface area (Å²) in [7, 11) is 0. The fourth-order valence-corrected chi connectivity index (χ4v) is 8.43. The Morgan fingerprint density at radius 2 is 1.59 bits per heavy atom. The first kappa shape index (κ1) is 27.8. The number of hydrogen-bond donors (Lipinski definition) is 2. The van der Waals surface area contributed by atoms with E-state index < -0.39 is 0 Å². The molecule has 0 atom stereocenters. The molecule has 2 bridgehead atoms. The van der Waals surface area contributed by atoms with Crippen LogP contribution in [-0.2, 0) is 0 Å². The molecule has 5 heterocycles. The fourth-order valence-electron chi connectivity index (χ4n) is 8.43. The van der Waals surface area contributed by atoms with Gasteiger partial charge in [-0.1, -0.05) is 0 Å². The van der Waals surface area contributed by atoms with Gasteiger partial charge in [-0.05, 0) is 118 Å². The van der Waals surface area contributed by atoms with Gasteiger partial charge in [0.2, 0.25) is 18.7 Å². The molecular formula is C34H38FN9O2. The first-order valence-electron chi connectivity index (χ1n) is 16.7. The molecule has 0 amide bonds. The number of hydrogen-bond acceptors (Lipinski definition) is 10. The summed E-state index contributed by atoms with van der Waals surface area (Å²) in [5.41, 5.74) is 11.9. The predicted molar refractivity (Wildman–Crippen MR) is 173 cm³/mol. The SMILES string of the molecule is Nc1nc(Nc2ccc(N3CCC(N4CCCC4)CC3)c(F)c2)nn1-c1nnc(-c2ccc3c(c2)OCO3)c2c1C1CCC2CC1. The summed E-state index contributed by atoms with van der Waals surface area (Å²) in [5.74, 6) is 3.05. The van der Waals surface area contributed by atoms with E-state index in [1.807, 2.05) is 30.3 Å². The number of likely N-dealkylation sites (tertiary alicyclic amines) is 1. The smallest absolute Gasteiger partial charge is 0.248 e. The molecule has 3 aliphatic carbocycles. The molecule has 2 aromatic carbocycles. The second-order valence-corrected chi connectivity index (χ2v) is 13.3. The summed E-state index contributed by atoms with van der Waals surface area (Å²) in [6, 6.07) is 11.8. The highest BCUT2D eigenvalue weighted by Crippen LogP contribution is 2.53. The lowest BCUT2D eigenvalue weighted by molar-refractivity contribution is 0.174. The first-order chi connectivity index (χ1) is 22.6. The topological polar surface area (TPSA) is 119 Å². The van der Waals surface area contributed by atoms with Crippen LogP contribution in [-0.4, -0.2) is 68.9 Å². The molecule has 0 spiro atoms. The zero-order valence-electron chi connectivity index (χ0n) is 25.8. The Bertz CT molecular complexity index is 1790. The molecule has 46 heavy (non-hydrogen) atoms. The van der Waals surface area contributed by atoms with Crippen LogP contribution in [0.4, 0.5) is 27.7 Å². The predicted octanol–water partition coefficient (Wildman–Crippen LogP) is 5.74. The number of benzene rings is 2. The maximum Gasteiger partial charge on any atom is 0.248 e. The lowest BCUT2D eigenvalue weighted by atomic mass is 9.66. The second-order valence-electron chi connectivity index (χ2n) is 13.3. The molecule has 0 radical (unpaired) electrons. The molecule has 2 aromatic heterocycles. The third-order valence-electron chi connectivity index (χ3n) is 10.7. The summed E-state index contributed by atoms with van der Waals surface area (Å²) in [5, 5.41) is 17.3. The number of rotatable bonds is 6. The zero-order chi connectivity index (χ0) is 30.8. The second kappa shape index (κ2) is 11.1. The summed E-state index contributed by atoms with van der Waals surface area (Å²) < 4.78 is 28.2. The lowest BCUT2D eigenvalue weighted by Gasteiger charge is -2.39. The van der Waals surface area contributed by atoms with Crippen molar-refractivity contribution in [3.8, 4) is 28.6 Å². The molecule has 10 rings (SSSR count). The van der Waals surface area contributed by atoms with Crippen molar-refractivity contribution >= 4 is 23.3 Å². The van der Waals surface area contributed by atoms with Gasteiger partial charge in [-0.3, -0.25) is 0 Å². The van der Waals surface area contributed by atoms with Crippen molar-refractivity contribution in [3.05, 3.63) is 53.3 Å². The van der Waals surface area contributed by atoms with Gasteiger partial charge >= 0.3 is 0 Å². The average Bonchev–Trinajstić information content (AvgIpc) is 3.87. The molecule has 0 unspecified atom stereocenters. The van der Waals surface area contributed by atoms with Gasteiger partial charge in [0, 0.05) is 35.9 Å². The van der Waals surface area contributed by atoms with Gasteiger partial charge in [-0.25, -0.2) is 4.39 Å². The van der Waals surface area contributed by atoms with Crippen LogP contribution in [0.25, 0.3) is 17.1 Å². The van der Waals surface area contributed by atoms with Gasteiger partial charge < -0.3 is 30.3 Å². The highest BCUT2D eigenvalue weighted by molar-refractivity contribution is 5.71. The minimum absolute atomic E-state index is 0.203. The number of fused-ring (bicyclic) bond motifs is 3. The van der Waals surface area contributed by atoms with E-state index in [0.717, 1.165) is 79.9 Å². The minimum atomic E-state index is -0.257. The number of halogens is 1. The van der Waals surface area contributed by atoms with E-state index in [-0.39, 0.29) is 24.5 Å². The average molecular weight is 624 g/mol. The van der Waals surface area contributed by atoms with Crippen molar-refractivity contribution in [2.24, 2.45) is 0 Å². The van der Waals surface area contributed by atoms with Crippen LogP contribution in [0, 0.1) is 5.82 Å². The van der Waals surface area contributed by atoms with Gasteiger partial charge in [-0.15, -0.1) is 15.3 Å². The lowest BCUT2D eigenvalue weighted by Crippen LogP contribution is -2.44. The number of ether oxygens (including phenoxy) is 2. The Hall–Kier alpha value is -4.45. The Labute approximate surface area is 266 Å². The van der Waals surface area contributed by atoms with Crippen molar-refractivity contribution in [2.75, 3.05) is 48.9 Å². The summed E-state index contributed by atoms with van der Waals surface area (Å²) in [6.07, 6.45) is 9.19. The van der Waals surface area contributed by atoms with Crippen molar-refractivity contribution in [3.63, 3.8) is 0 Å². The van der Waals surface area contributed by atoms with Crippen LogP contribution in [0.15, 0.2) is 36.4 Å². The van der Waals surface area contributed by atoms with E-state index in [0.29, 0.717) is 35.1 Å². The fraction of sp³-hybridized carbons (Fsp3) is 0.471. The highest BCUT2D eigenvalue weighted by atomic mass is 19.1. The van der Waals surface area contributed by atoms with Crippen molar-refractivity contribution in [1.29, 1.82) is 0 Å². The maximum absolute atomic E-state index is 15.4. The quantitative estimate of drug-likeness (QED) is 0.275. The summed E-state index contributed by atoms with van der Waals surface area (Å²) in [6.45, 7) is 4.37. The molecule has 2 saturated heterocycles. The molecule has 4 aromatic rings. The van der Waals surface area contributed by atoms with E-state index in [2.05, 4.69) is 20.1 Å². The van der Waals surface area contributed by atoms with E-state index in [9.17, 15) is 0 Å². The number of nitrogen functional groups attached to an aromatic ring is 1. The van der Waals surface area contributed by atoms with Gasteiger partial charge in [0.25, 0.3) is 0 Å². The van der Waals surface area contributed by atoms with Gasteiger partial charge in [0.15, 0.2) is 17.3 Å². The summed E-state index contributed by atoms with van der Waals surface area (Å²) in [4.78, 5) is 9.26. The van der Waals surface area contributed by atoms with E-state index in [1.54, 1.807) is 4.68 Å².